The van der Waals surface area contributed by atoms with E-state index >= 15 is 0 Å². The lowest BCUT2D eigenvalue weighted by Gasteiger charge is -2.14. The van der Waals surface area contributed by atoms with Crippen LogP contribution in [0, 0.1) is 0 Å². The quantitative estimate of drug-likeness (QED) is 0.771. The number of ether oxygens (including phenoxy) is 1. The van der Waals surface area contributed by atoms with Crippen LogP contribution in [0.25, 0.3) is 0 Å². The van der Waals surface area contributed by atoms with Crippen LogP contribution in [0.4, 0.5) is 0 Å². The van der Waals surface area contributed by atoms with Crippen molar-refractivity contribution >= 4 is 58.1 Å². The lowest BCUT2D eigenvalue weighted by molar-refractivity contribution is -0.114. The lowest BCUT2D eigenvalue weighted by atomic mass is 10.1. The van der Waals surface area contributed by atoms with E-state index in [1.807, 2.05) is 0 Å². The molecule has 0 saturated heterocycles. The number of Topliss-reactive ketones (excluding diaryl/α,β-unsaturated/α-hetero) is 2. The van der Waals surface area contributed by atoms with E-state index in [0.29, 0.717) is 5.75 Å². The molecule has 0 unspecified atom stereocenters. The molecule has 20 heavy (non-hydrogen) atoms. The molecule has 104 valence electrons. The van der Waals surface area contributed by atoms with E-state index in [0.717, 1.165) is 16.7 Å². The molecule has 7 heteroatoms. The number of methoxy groups -OCH3 is 1. The first-order chi connectivity index (χ1) is 9.45. The molecule has 0 radical (unpaired) electrons. The van der Waals surface area contributed by atoms with Gasteiger partial charge in [0.25, 0.3) is 0 Å². The van der Waals surface area contributed by atoms with Gasteiger partial charge in [0.15, 0.2) is 0 Å². The summed E-state index contributed by atoms with van der Waals surface area (Å²) < 4.78 is 5.04. The fourth-order valence-electron chi connectivity index (χ4n) is 1.45. The highest BCUT2D eigenvalue weighted by molar-refractivity contribution is 8.04. The van der Waals surface area contributed by atoms with Gasteiger partial charge in [-0.3, -0.25) is 9.59 Å². The van der Waals surface area contributed by atoms with E-state index in [4.69, 9.17) is 39.5 Å². The minimum atomic E-state index is -0.644. The highest BCUT2D eigenvalue weighted by Gasteiger charge is 2.32. The first-order valence-corrected chi connectivity index (χ1v) is 7.27. The van der Waals surface area contributed by atoms with Crippen LogP contribution >= 0.6 is 46.6 Å². The molecule has 0 atom stereocenters. The number of halogens is 3. The van der Waals surface area contributed by atoms with Gasteiger partial charge in [-0.05, 0) is 24.3 Å². The Bertz CT molecular complexity index is 647. The summed E-state index contributed by atoms with van der Waals surface area (Å²) in [6, 6.07) is 6.95. The maximum Gasteiger partial charge on any atom is 0.218 e. The van der Waals surface area contributed by atoms with Crippen molar-refractivity contribution in [2.45, 2.75) is 4.90 Å². The van der Waals surface area contributed by atoms with Crippen LogP contribution < -0.4 is 4.74 Å². The lowest BCUT2D eigenvalue weighted by Crippen LogP contribution is -2.16. The average molecular weight is 350 g/mol. The number of ketones is 2. The second-order valence-electron chi connectivity index (χ2n) is 3.71. The van der Waals surface area contributed by atoms with Crippen molar-refractivity contribution in [3.63, 3.8) is 0 Å². The summed E-state index contributed by atoms with van der Waals surface area (Å²) in [5.74, 6) is -0.516. The molecule has 1 aliphatic rings. The number of carbonyl (C=O) groups is 2. The SMILES string of the molecule is COc1ccc(SC2=C(Cl)C(=O)C(Cl)=C(Cl)C2=O)cc1. The zero-order chi connectivity index (χ0) is 14.9. The van der Waals surface area contributed by atoms with Crippen LogP contribution in [0.3, 0.4) is 0 Å². The molecule has 0 aliphatic heterocycles. The van der Waals surface area contributed by atoms with Crippen molar-refractivity contribution in [3.8, 4) is 5.75 Å². The van der Waals surface area contributed by atoms with Gasteiger partial charge >= 0.3 is 0 Å². The third kappa shape index (κ3) is 2.88. The Labute approximate surface area is 134 Å². The molecule has 2 rings (SSSR count). The van der Waals surface area contributed by atoms with Gasteiger partial charge in [0.05, 0.1) is 12.0 Å². The fraction of sp³-hybridized carbons (Fsp3) is 0.0769. The molecular formula is C13H7Cl3O3S. The summed E-state index contributed by atoms with van der Waals surface area (Å²) >= 11 is 18.3. The third-order valence-corrected chi connectivity index (χ3v) is 4.87. The van der Waals surface area contributed by atoms with E-state index in [-0.39, 0.29) is 20.0 Å². The van der Waals surface area contributed by atoms with E-state index in [1.54, 1.807) is 31.4 Å². The highest BCUT2D eigenvalue weighted by Crippen LogP contribution is 2.40. The molecule has 1 aromatic carbocycles. The Kier molecular flexibility index (Phi) is 4.81. The maximum atomic E-state index is 12.0. The van der Waals surface area contributed by atoms with Gasteiger partial charge in [0, 0.05) is 4.90 Å². The van der Waals surface area contributed by atoms with Crippen LogP contribution in [0.5, 0.6) is 5.75 Å². The zero-order valence-electron chi connectivity index (χ0n) is 10.1. The average Bonchev–Trinajstić information content (AvgIpc) is 2.48. The third-order valence-electron chi connectivity index (χ3n) is 2.48. The monoisotopic (exact) mass is 348 g/mol. The van der Waals surface area contributed by atoms with Crippen LogP contribution in [0.1, 0.15) is 0 Å². The number of allylic oxidation sites excluding steroid dienone is 4. The summed E-state index contributed by atoms with van der Waals surface area (Å²) in [5, 5.41) is -0.872. The second-order valence-corrected chi connectivity index (χ2v) is 5.92. The fourth-order valence-corrected chi connectivity index (χ4v) is 3.10. The molecule has 0 spiro atoms. The Morgan fingerprint density at radius 3 is 2.00 bits per heavy atom. The van der Waals surface area contributed by atoms with Crippen LogP contribution in [0.15, 0.2) is 49.2 Å². The second kappa shape index (κ2) is 6.22. The summed E-state index contributed by atoms with van der Waals surface area (Å²) in [6.45, 7) is 0. The van der Waals surface area contributed by atoms with E-state index in [9.17, 15) is 9.59 Å². The Balaban J connectivity index is 2.32. The Hall–Kier alpha value is -0.940. The van der Waals surface area contributed by atoms with Crippen molar-refractivity contribution in [2.75, 3.05) is 7.11 Å². The van der Waals surface area contributed by atoms with Gasteiger partial charge in [-0.2, -0.15) is 0 Å². The number of carbonyl (C=O) groups excluding carboxylic acids is 2. The maximum absolute atomic E-state index is 12.0. The number of benzene rings is 1. The minimum Gasteiger partial charge on any atom is -0.497 e. The summed E-state index contributed by atoms with van der Waals surface area (Å²) in [7, 11) is 1.55. The predicted molar refractivity (Wildman–Crippen MR) is 80.5 cm³/mol. The minimum absolute atomic E-state index is 0.0660. The zero-order valence-corrected chi connectivity index (χ0v) is 13.2. The van der Waals surface area contributed by atoms with E-state index < -0.39 is 11.6 Å². The molecule has 0 aromatic heterocycles. The topological polar surface area (TPSA) is 43.4 Å². The molecule has 0 bridgehead atoms. The molecule has 3 nitrogen and oxygen atoms in total. The number of hydrogen-bond acceptors (Lipinski definition) is 4. The molecule has 0 heterocycles. The molecule has 1 aromatic rings. The van der Waals surface area contributed by atoms with Gasteiger partial charge in [0.2, 0.25) is 11.6 Å². The molecule has 0 saturated carbocycles. The van der Waals surface area contributed by atoms with Gasteiger partial charge in [-0.1, -0.05) is 46.6 Å². The van der Waals surface area contributed by atoms with E-state index in [1.165, 1.54) is 0 Å². The molecule has 0 fully saturated rings. The van der Waals surface area contributed by atoms with Crippen LogP contribution in [0.2, 0.25) is 0 Å². The first kappa shape index (κ1) is 15.4. The smallest absolute Gasteiger partial charge is 0.218 e. The number of thioether (sulfide) groups is 1. The van der Waals surface area contributed by atoms with Crippen molar-refractivity contribution in [2.24, 2.45) is 0 Å². The first-order valence-electron chi connectivity index (χ1n) is 5.32. The Morgan fingerprint density at radius 1 is 0.900 bits per heavy atom. The normalized spacial score (nSPS) is 16.0. The molecular weight excluding hydrogens is 343 g/mol. The molecule has 1 aliphatic carbocycles. The summed E-state index contributed by atoms with van der Waals surface area (Å²) in [5.41, 5.74) is 0. The molecule has 0 amide bonds. The van der Waals surface area contributed by atoms with Gasteiger partial charge in [-0.25, -0.2) is 0 Å². The summed E-state index contributed by atoms with van der Waals surface area (Å²) in [4.78, 5) is 24.5. The molecule has 0 N–H and O–H groups in total. The largest absolute Gasteiger partial charge is 0.497 e. The summed E-state index contributed by atoms with van der Waals surface area (Å²) in [6.07, 6.45) is 0. The van der Waals surface area contributed by atoms with Crippen molar-refractivity contribution in [3.05, 3.63) is 44.3 Å². The standard InChI is InChI=1S/C13H7Cl3O3S/c1-19-6-2-4-7(5-3-6)20-13-10(16)11(17)8(14)9(15)12(13)18/h2-5H,1H3. The predicted octanol–water partition coefficient (Wildman–Crippen LogP) is 4.08. The highest BCUT2D eigenvalue weighted by atomic mass is 35.5. The number of rotatable bonds is 3. The van der Waals surface area contributed by atoms with Crippen molar-refractivity contribution in [1.29, 1.82) is 0 Å². The van der Waals surface area contributed by atoms with Crippen molar-refractivity contribution in [1.82, 2.24) is 0 Å². The van der Waals surface area contributed by atoms with Gasteiger partial charge in [-0.15, -0.1) is 0 Å². The van der Waals surface area contributed by atoms with Crippen molar-refractivity contribution < 1.29 is 14.3 Å². The van der Waals surface area contributed by atoms with Gasteiger partial charge in [0.1, 0.15) is 20.8 Å². The Morgan fingerprint density at radius 2 is 1.45 bits per heavy atom. The van der Waals surface area contributed by atoms with Gasteiger partial charge < -0.3 is 4.74 Å². The van der Waals surface area contributed by atoms with E-state index in [2.05, 4.69) is 0 Å². The van der Waals surface area contributed by atoms with Crippen LogP contribution in [-0.4, -0.2) is 18.7 Å². The number of hydrogen-bond donors (Lipinski definition) is 0. The van der Waals surface area contributed by atoms with Crippen LogP contribution in [-0.2, 0) is 9.59 Å².